The molecule has 0 heterocycles. The maximum absolute atomic E-state index is 12.6. The molecule has 0 radical (unpaired) electrons. The minimum Gasteiger partial charge on any atom is -0.494 e. The molecule has 0 bridgehead atoms. The van der Waals surface area contributed by atoms with Crippen LogP contribution in [0.3, 0.4) is 0 Å². The van der Waals surface area contributed by atoms with Crippen molar-refractivity contribution < 1.29 is 14.3 Å². The van der Waals surface area contributed by atoms with Gasteiger partial charge in [0, 0.05) is 18.7 Å². The molecule has 2 N–H and O–H groups in total. The van der Waals surface area contributed by atoms with Crippen LogP contribution < -0.4 is 15.4 Å². The van der Waals surface area contributed by atoms with Gasteiger partial charge in [-0.05, 0) is 36.1 Å². The first-order valence-electron chi connectivity index (χ1n) is 9.02. The zero-order valence-corrected chi connectivity index (χ0v) is 16.0. The Bertz CT molecular complexity index is 798. The highest BCUT2D eigenvalue weighted by molar-refractivity contribution is 6.08. The molecular formula is C22H26N2O3. The first-order chi connectivity index (χ1) is 12.9. The van der Waals surface area contributed by atoms with Crippen LogP contribution in [-0.4, -0.2) is 18.4 Å². The van der Waals surface area contributed by atoms with Crippen molar-refractivity contribution in [3.8, 4) is 5.75 Å². The third kappa shape index (κ3) is 7.36. The lowest BCUT2D eigenvalue weighted by Crippen LogP contribution is -2.28. The van der Waals surface area contributed by atoms with E-state index in [2.05, 4.69) is 24.5 Å². The van der Waals surface area contributed by atoms with Crippen LogP contribution in [0, 0.1) is 5.92 Å². The number of ether oxygens (including phenoxy) is 1. The van der Waals surface area contributed by atoms with Crippen LogP contribution in [0.4, 0.5) is 5.69 Å². The SMILES string of the molecule is CC(=O)N/C(=C\c1ccccc1)C(=O)Nc1cccc(OCCC(C)C)c1. The van der Waals surface area contributed by atoms with Gasteiger partial charge in [0.1, 0.15) is 11.4 Å². The predicted octanol–water partition coefficient (Wildman–Crippen LogP) is 4.23. The third-order valence-corrected chi connectivity index (χ3v) is 3.72. The molecule has 2 aromatic rings. The van der Waals surface area contributed by atoms with Crippen LogP contribution in [0.2, 0.25) is 0 Å². The van der Waals surface area contributed by atoms with E-state index in [0.717, 1.165) is 12.0 Å². The van der Waals surface area contributed by atoms with Crippen molar-refractivity contribution >= 4 is 23.6 Å². The molecule has 5 heteroatoms. The molecule has 0 saturated carbocycles. The summed E-state index contributed by atoms with van der Waals surface area (Å²) in [5.41, 5.74) is 1.60. The monoisotopic (exact) mass is 366 g/mol. The van der Waals surface area contributed by atoms with E-state index in [1.165, 1.54) is 6.92 Å². The predicted molar refractivity (Wildman–Crippen MR) is 108 cm³/mol. The number of hydrogen-bond donors (Lipinski definition) is 2. The van der Waals surface area contributed by atoms with Gasteiger partial charge in [-0.1, -0.05) is 50.2 Å². The summed E-state index contributed by atoms with van der Waals surface area (Å²) in [4.78, 5) is 24.1. The van der Waals surface area contributed by atoms with Crippen LogP contribution in [0.15, 0.2) is 60.3 Å². The van der Waals surface area contributed by atoms with Gasteiger partial charge in [0.25, 0.3) is 5.91 Å². The largest absolute Gasteiger partial charge is 0.494 e. The van der Waals surface area contributed by atoms with Gasteiger partial charge in [0.05, 0.1) is 6.61 Å². The number of nitrogens with one attached hydrogen (secondary N) is 2. The van der Waals surface area contributed by atoms with E-state index < -0.39 is 5.91 Å². The summed E-state index contributed by atoms with van der Waals surface area (Å²) in [6.45, 7) is 6.28. The Morgan fingerprint density at radius 1 is 1.07 bits per heavy atom. The number of amides is 2. The molecular weight excluding hydrogens is 340 g/mol. The van der Waals surface area contributed by atoms with E-state index in [4.69, 9.17) is 4.74 Å². The van der Waals surface area contributed by atoms with Gasteiger partial charge >= 0.3 is 0 Å². The van der Waals surface area contributed by atoms with Crippen LogP contribution in [0.25, 0.3) is 6.08 Å². The van der Waals surface area contributed by atoms with E-state index in [1.807, 2.05) is 42.5 Å². The van der Waals surface area contributed by atoms with Crippen molar-refractivity contribution in [1.82, 2.24) is 5.32 Å². The lowest BCUT2D eigenvalue weighted by atomic mass is 10.1. The molecule has 0 aliphatic carbocycles. The zero-order valence-electron chi connectivity index (χ0n) is 16.0. The maximum atomic E-state index is 12.6. The van der Waals surface area contributed by atoms with Crippen molar-refractivity contribution in [3.05, 3.63) is 65.9 Å². The van der Waals surface area contributed by atoms with Crippen LogP contribution in [-0.2, 0) is 9.59 Å². The average Bonchev–Trinajstić information content (AvgIpc) is 2.61. The van der Waals surface area contributed by atoms with Crippen molar-refractivity contribution in [2.24, 2.45) is 5.92 Å². The summed E-state index contributed by atoms with van der Waals surface area (Å²) in [5, 5.41) is 5.39. The Morgan fingerprint density at radius 3 is 2.48 bits per heavy atom. The Labute approximate surface area is 160 Å². The third-order valence-electron chi connectivity index (χ3n) is 3.72. The van der Waals surface area contributed by atoms with Gasteiger partial charge < -0.3 is 15.4 Å². The molecule has 0 spiro atoms. The van der Waals surface area contributed by atoms with Crippen LogP contribution in [0.5, 0.6) is 5.75 Å². The quantitative estimate of drug-likeness (QED) is 0.687. The van der Waals surface area contributed by atoms with Crippen LogP contribution >= 0.6 is 0 Å². The van der Waals surface area contributed by atoms with E-state index >= 15 is 0 Å². The normalized spacial score (nSPS) is 11.2. The fourth-order valence-corrected chi connectivity index (χ4v) is 2.34. The number of rotatable bonds is 8. The second-order valence-corrected chi connectivity index (χ2v) is 6.66. The van der Waals surface area contributed by atoms with Gasteiger partial charge in [-0.3, -0.25) is 9.59 Å². The maximum Gasteiger partial charge on any atom is 0.272 e. The number of benzene rings is 2. The zero-order chi connectivity index (χ0) is 19.6. The smallest absolute Gasteiger partial charge is 0.272 e. The summed E-state index contributed by atoms with van der Waals surface area (Å²) < 4.78 is 5.72. The summed E-state index contributed by atoms with van der Waals surface area (Å²) in [7, 11) is 0. The average molecular weight is 366 g/mol. The highest BCUT2D eigenvalue weighted by Crippen LogP contribution is 2.19. The molecule has 5 nitrogen and oxygen atoms in total. The van der Waals surface area contributed by atoms with Gasteiger partial charge in [0.2, 0.25) is 5.91 Å². The van der Waals surface area contributed by atoms with E-state index in [1.54, 1.807) is 18.2 Å². The molecule has 2 aromatic carbocycles. The lowest BCUT2D eigenvalue weighted by molar-refractivity contribution is -0.120. The van der Waals surface area contributed by atoms with E-state index in [-0.39, 0.29) is 11.6 Å². The fraction of sp³-hybridized carbons (Fsp3) is 0.273. The summed E-state index contributed by atoms with van der Waals surface area (Å²) in [6.07, 6.45) is 2.60. The minimum absolute atomic E-state index is 0.180. The fourth-order valence-electron chi connectivity index (χ4n) is 2.34. The standard InChI is InChI=1S/C22H26N2O3/c1-16(2)12-13-27-20-11-7-10-19(15-20)24-22(26)21(23-17(3)25)14-18-8-5-4-6-9-18/h4-11,14-16H,12-13H2,1-3H3,(H,23,25)(H,24,26)/b21-14-. The van der Waals surface area contributed by atoms with Gasteiger partial charge in [-0.2, -0.15) is 0 Å². The first-order valence-corrected chi connectivity index (χ1v) is 9.02. The summed E-state index contributed by atoms with van der Waals surface area (Å²) in [5.74, 6) is 0.560. The first kappa shape index (κ1) is 20.2. The number of anilines is 1. The van der Waals surface area contributed by atoms with Gasteiger partial charge in [0.15, 0.2) is 0 Å². The highest BCUT2D eigenvalue weighted by atomic mass is 16.5. The molecule has 2 amide bonds. The topological polar surface area (TPSA) is 67.4 Å². The molecule has 0 fully saturated rings. The summed E-state index contributed by atoms with van der Waals surface area (Å²) in [6, 6.07) is 16.6. The molecule has 0 saturated heterocycles. The van der Waals surface area contributed by atoms with Crippen LogP contribution in [0.1, 0.15) is 32.8 Å². The Hall–Kier alpha value is -3.08. The van der Waals surface area contributed by atoms with E-state index in [0.29, 0.717) is 24.0 Å². The molecule has 142 valence electrons. The minimum atomic E-state index is -0.395. The molecule has 0 aliphatic rings. The van der Waals surface area contributed by atoms with Gasteiger partial charge in [-0.25, -0.2) is 0 Å². The van der Waals surface area contributed by atoms with Crippen molar-refractivity contribution in [3.63, 3.8) is 0 Å². The Kier molecular flexibility index (Phi) is 7.62. The van der Waals surface area contributed by atoms with Crippen molar-refractivity contribution in [2.75, 3.05) is 11.9 Å². The van der Waals surface area contributed by atoms with Crippen molar-refractivity contribution in [2.45, 2.75) is 27.2 Å². The summed E-state index contributed by atoms with van der Waals surface area (Å²) >= 11 is 0. The molecule has 0 aromatic heterocycles. The lowest BCUT2D eigenvalue weighted by Gasteiger charge is -2.12. The number of carbonyl (C=O) groups excluding carboxylic acids is 2. The second-order valence-electron chi connectivity index (χ2n) is 6.66. The molecule has 27 heavy (non-hydrogen) atoms. The van der Waals surface area contributed by atoms with Gasteiger partial charge in [-0.15, -0.1) is 0 Å². The molecule has 2 rings (SSSR count). The molecule has 0 atom stereocenters. The van der Waals surface area contributed by atoms with Crippen molar-refractivity contribution in [1.29, 1.82) is 0 Å². The number of carbonyl (C=O) groups is 2. The second kappa shape index (κ2) is 10.2. The number of hydrogen-bond acceptors (Lipinski definition) is 3. The molecule has 0 aliphatic heterocycles. The Balaban J connectivity index is 2.10. The Morgan fingerprint density at radius 2 is 1.81 bits per heavy atom. The molecule has 0 unspecified atom stereocenters. The van der Waals surface area contributed by atoms with E-state index in [9.17, 15) is 9.59 Å². The highest BCUT2D eigenvalue weighted by Gasteiger charge is 2.12.